The van der Waals surface area contributed by atoms with Gasteiger partial charge in [0.25, 0.3) is 5.91 Å². The number of esters is 1. The molecule has 1 amide bonds. The Morgan fingerprint density at radius 1 is 0.966 bits per heavy atom. The molecule has 3 aromatic carbocycles. The van der Waals surface area contributed by atoms with Crippen molar-refractivity contribution in [2.45, 2.75) is 13.0 Å². The van der Waals surface area contributed by atoms with Gasteiger partial charge in [-0.05, 0) is 65.4 Å². The SMILES string of the molecule is COc1ccc(C)cc1NC(=O)[C@@H](OC(=O)c1cccc(I)c1)c1ccccc1. The van der Waals surface area contributed by atoms with Crippen LogP contribution in [0.5, 0.6) is 5.75 Å². The average Bonchev–Trinajstić information content (AvgIpc) is 2.72. The molecule has 0 radical (unpaired) electrons. The largest absolute Gasteiger partial charge is 0.495 e. The van der Waals surface area contributed by atoms with Gasteiger partial charge in [-0.1, -0.05) is 42.5 Å². The Morgan fingerprint density at radius 2 is 1.72 bits per heavy atom. The molecule has 0 aliphatic rings. The molecule has 3 rings (SSSR count). The standard InChI is InChI=1S/C23H20INO4/c1-15-11-12-20(28-2)19(13-15)25-22(26)21(16-7-4-3-5-8-16)29-23(27)17-9-6-10-18(24)14-17/h3-14,21H,1-2H3,(H,25,26)/t21-/m0/s1. The van der Waals surface area contributed by atoms with Crippen LogP contribution < -0.4 is 10.1 Å². The molecule has 0 saturated heterocycles. The first kappa shape index (κ1) is 20.9. The van der Waals surface area contributed by atoms with E-state index in [1.165, 1.54) is 7.11 Å². The van der Waals surface area contributed by atoms with E-state index in [-0.39, 0.29) is 0 Å². The summed E-state index contributed by atoms with van der Waals surface area (Å²) in [6.45, 7) is 1.92. The van der Waals surface area contributed by atoms with Gasteiger partial charge >= 0.3 is 5.97 Å². The van der Waals surface area contributed by atoms with E-state index in [0.29, 0.717) is 22.6 Å². The minimum absolute atomic E-state index is 0.388. The molecule has 29 heavy (non-hydrogen) atoms. The summed E-state index contributed by atoms with van der Waals surface area (Å²) in [6.07, 6.45) is -1.10. The van der Waals surface area contributed by atoms with Crippen LogP contribution >= 0.6 is 22.6 Å². The number of nitrogens with one attached hydrogen (secondary N) is 1. The predicted octanol–water partition coefficient (Wildman–Crippen LogP) is 5.15. The van der Waals surface area contributed by atoms with Crippen LogP contribution in [-0.4, -0.2) is 19.0 Å². The molecule has 0 unspecified atom stereocenters. The highest BCUT2D eigenvalue weighted by Crippen LogP contribution is 2.28. The summed E-state index contributed by atoms with van der Waals surface area (Å²) >= 11 is 2.12. The highest BCUT2D eigenvalue weighted by Gasteiger charge is 2.26. The van der Waals surface area contributed by atoms with Crippen molar-refractivity contribution in [1.29, 1.82) is 0 Å². The number of halogens is 1. The minimum Gasteiger partial charge on any atom is -0.495 e. The third-order valence-corrected chi connectivity index (χ3v) is 4.91. The summed E-state index contributed by atoms with van der Waals surface area (Å²) in [4.78, 5) is 25.8. The lowest BCUT2D eigenvalue weighted by molar-refractivity contribution is -0.125. The number of anilines is 1. The lowest BCUT2D eigenvalue weighted by Crippen LogP contribution is -2.26. The zero-order valence-corrected chi connectivity index (χ0v) is 18.2. The number of carbonyl (C=O) groups is 2. The summed E-state index contributed by atoms with van der Waals surface area (Å²) in [6, 6.07) is 21.4. The number of rotatable bonds is 6. The first-order chi connectivity index (χ1) is 14.0. The highest BCUT2D eigenvalue weighted by molar-refractivity contribution is 14.1. The van der Waals surface area contributed by atoms with Crippen molar-refractivity contribution < 1.29 is 19.1 Å². The fourth-order valence-corrected chi connectivity index (χ4v) is 3.35. The molecule has 3 aromatic rings. The van der Waals surface area contributed by atoms with Gasteiger partial charge < -0.3 is 14.8 Å². The van der Waals surface area contributed by atoms with Gasteiger partial charge in [-0.15, -0.1) is 0 Å². The summed E-state index contributed by atoms with van der Waals surface area (Å²) < 4.78 is 11.9. The lowest BCUT2D eigenvalue weighted by Gasteiger charge is -2.19. The van der Waals surface area contributed by atoms with Crippen LogP contribution in [0.25, 0.3) is 0 Å². The molecule has 0 aliphatic heterocycles. The van der Waals surface area contributed by atoms with Crippen LogP contribution in [0, 0.1) is 10.5 Å². The first-order valence-corrected chi connectivity index (χ1v) is 10.0. The summed E-state index contributed by atoms with van der Waals surface area (Å²) in [7, 11) is 1.53. The van der Waals surface area contributed by atoms with Gasteiger partial charge in [-0.2, -0.15) is 0 Å². The van der Waals surface area contributed by atoms with E-state index < -0.39 is 18.0 Å². The maximum Gasteiger partial charge on any atom is 0.339 e. The monoisotopic (exact) mass is 501 g/mol. The number of aryl methyl sites for hydroxylation is 1. The van der Waals surface area contributed by atoms with Crippen LogP contribution in [0.2, 0.25) is 0 Å². The zero-order chi connectivity index (χ0) is 20.8. The van der Waals surface area contributed by atoms with Crippen molar-refractivity contribution in [3.05, 3.63) is 93.1 Å². The van der Waals surface area contributed by atoms with E-state index in [4.69, 9.17) is 9.47 Å². The number of hydrogen-bond acceptors (Lipinski definition) is 4. The maximum absolute atomic E-state index is 13.1. The third kappa shape index (κ3) is 5.35. The maximum atomic E-state index is 13.1. The molecule has 0 fully saturated rings. The van der Waals surface area contributed by atoms with Crippen LogP contribution in [0.4, 0.5) is 5.69 Å². The Hall–Kier alpha value is -2.87. The number of hydrogen-bond donors (Lipinski definition) is 1. The zero-order valence-electron chi connectivity index (χ0n) is 16.0. The molecule has 0 saturated carbocycles. The highest BCUT2D eigenvalue weighted by atomic mass is 127. The number of amides is 1. The molecule has 0 bridgehead atoms. The fraction of sp³-hybridized carbons (Fsp3) is 0.130. The van der Waals surface area contributed by atoms with Crippen molar-refractivity contribution in [2.24, 2.45) is 0 Å². The second kappa shape index (κ2) is 9.56. The van der Waals surface area contributed by atoms with E-state index in [1.807, 2.05) is 25.1 Å². The fourth-order valence-electron chi connectivity index (χ4n) is 2.81. The number of carbonyl (C=O) groups excluding carboxylic acids is 2. The van der Waals surface area contributed by atoms with E-state index >= 15 is 0 Å². The Morgan fingerprint density at radius 3 is 2.41 bits per heavy atom. The van der Waals surface area contributed by atoms with Crippen LogP contribution in [0.3, 0.4) is 0 Å². The van der Waals surface area contributed by atoms with Crippen LogP contribution in [0.1, 0.15) is 27.6 Å². The van der Waals surface area contributed by atoms with Crippen LogP contribution in [0.15, 0.2) is 72.8 Å². The molecule has 1 N–H and O–H groups in total. The van der Waals surface area contributed by atoms with E-state index in [9.17, 15) is 9.59 Å². The molecule has 5 nitrogen and oxygen atoms in total. The molecule has 148 valence electrons. The Balaban J connectivity index is 1.89. The van der Waals surface area contributed by atoms with Crippen LogP contribution in [-0.2, 0) is 9.53 Å². The summed E-state index contributed by atoms with van der Waals surface area (Å²) in [5, 5.41) is 2.83. The van der Waals surface area contributed by atoms with Crippen molar-refractivity contribution in [1.82, 2.24) is 0 Å². The van der Waals surface area contributed by atoms with Crippen molar-refractivity contribution in [3.8, 4) is 5.75 Å². The quantitative estimate of drug-likeness (QED) is 0.375. The lowest BCUT2D eigenvalue weighted by atomic mass is 10.1. The number of ether oxygens (including phenoxy) is 2. The van der Waals surface area contributed by atoms with Crippen molar-refractivity contribution >= 4 is 40.2 Å². The van der Waals surface area contributed by atoms with Gasteiger partial charge in [-0.25, -0.2) is 4.79 Å². The second-order valence-corrected chi connectivity index (χ2v) is 7.65. The molecule has 0 aromatic heterocycles. The van der Waals surface area contributed by atoms with E-state index in [1.54, 1.807) is 54.6 Å². The molecule has 6 heteroatoms. The van der Waals surface area contributed by atoms with Gasteiger partial charge in [-0.3, -0.25) is 4.79 Å². The van der Waals surface area contributed by atoms with Crippen molar-refractivity contribution in [2.75, 3.05) is 12.4 Å². The van der Waals surface area contributed by atoms with Crippen molar-refractivity contribution in [3.63, 3.8) is 0 Å². The molecule has 0 heterocycles. The normalized spacial score (nSPS) is 11.4. The smallest absolute Gasteiger partial charge is 0.339 e. The molecular formula is C23H20INO4. The number of benzene rings is 3. The second-order valence-electron chi connectivity index (χ2n) is 6.40. The molecule has 1 atom stereocenters. The van der Waals surface area contributed by atoms with Gasteiger partial charge in [0.2, 0.25) is 6.10 Å². The Labute approximate surface area is 183 Å². The Kier molecular flexibility index (Phi) is 6.87. The average molecular weight is 501 g/mol. The van der Waals surface area contributed by atoms with E-state index in [2.05, 4.69) is 27.9 Å². The van der Waals surface area contributed by atoms with E-state index in [0.717, 1.165) is 9.13 Å². The Bertz CT molecular complexity index is 1020. The predicted molar refractivity (Wildman–Crippen MR) is 120 cm³/mol. The van der Waals surface area contributed by atoms with Gasteiger partial charge in [0.1, 0.15) is 5.75 Å². The summed E-state index contributed by atoms with van der Waals surface area (Å²) in [5.74, 6) is -0.498. The third-order valence-electron chi connectivity index (χ3n) is 4.24. The van der Waals surface area contributed by atoms with Gasteiger partial charge in [0.15, 0.2) is 0 Å². The summed E-state index contributed by atoms with van der Waals surface area (Å²) in [5.41, 5.74) is 2.45. The van der Waals surface area contributed by atoms with Gasteiger partial charge in [0.05, 0.1) is 18.4 Å². The number of methoxy groups -OCH3 is 1. The van der Waals surface area contributed by atoms with Gasteiger partial charge in [0, 0.05) is 9.13 Å². The minimum atomic E-state index is -1.10. The molecule has 0 aliphatic carbocycles. The topological polar surface area (TPSA) is 64.6 Å². The molecular weight excluding hydrogens is 481 g/mol. The molecule has 0 spiro atoms. The first-order valence-electron chi connectivity index (χ1n) is 8.95.